The molecule has 0 bridgehead atoms. The number of piperidine rings is 1. The molecule has 2 fully saturated rings. The van der Waals surface area contributed by atoms with E-state index in [-0.39, 0.29) is 17.8 Å². The molecule has 90 valence electrons. The van der Waals surface area contributed by atoms with Crippen LogP contribution < -0.4 is 0 Å². The van der Waals surface area contributed by atoms with Gasteiger partial charge in [-0.15, -0.1) is 0 Å². The quantitative estimate of drug-likeness (QED) is 0.666. The molecule has 16 heavy (non-hydrogen) atoms. The lowest BCUT2D eigenvalue weighted by Crippen LogP contribution is -2.59. The zero-order chi connectivity index (χ0) is 11.8. The van der Waals surface area contributed by atoms with Crippen LogP contribution in [0.5, 0.6) is 0 Å². The van der Waals surface area contributed by atoms with E-state index >= 15 is 0 Å². The zero-order valence-corrected chi connectivity index (χ0v) is 9.99. The second-order valence-corrected chi connectivity index (χ2v) is 4.73. The van der Waals surface area contributed by atoms with Crippen LogP contribution in [0.1, 0.15) is 39.5 Å². The first kappa shape index (κ1) is 11.4. The van der Waals surface area contributed by atoms with Gasteiger partial charge in [0.15, 0.2) is 0 Å². The molecule has 0 aromatic carbocycles. The third-order valence-electron chi connectivity index (χ3n) is 3.97. The van der Waals surface area contributed by atoms with Crippen molar-refractivity contribution in [1.29, 1.82) is 0 Å². The molecular weight excluding hydrogens is 206 g/mol. The van der Waals surface area contributed by atoms with Crippen LogP contribution in [-0.4, -0.2) is 35.5 Å². The highest BCUT2D eigenvalue weighted by atomic mass is 16.5. The van der Waals surface area contributed by atoms with E-state index in [0.717, 1.165) is 12.8 Å². The molecule has 4 heteroatoms. The standard InChI is InChI=1S/C12H19NO3/c1-3-16-11(15)12-7-6-10(14)13(12)8-4-5-9(12)2/h9H,3-8H2,1-2H3/t9-,12+/m0/s1. The number of carbonyl (C=O) groups excluding carboxylic acids is 2. The summed E-state index contributed by atoms with van der Waals surface area (Å²) in [5.74, 6) is 0.124. The molecule has 0 aliphatic carbocycles. The van der Waals surface area contributed by atoms with Crippen molar-refractivity contribution in [2.24, 2.45) is 5.92 Å². The van der Waals surface area contributed by atoms with Crippen LogP contribution in [0.15, 0.2) is 0 Å². The van der Waals surface area contributed by atoms with E-state index < -0.39 is 5.54 Å². The molecule has 0 aromatic heterocycles. The monoisotopic (exact) mass is 225 g/mol. The molecule has 0 radical (unpaired) electrons. The van der Waals surface area contributed by atoms with Gasteiger partial charge in [-0.05, 0) is 32.1 Å². The molecular formula is C12H19NO3. The summed E-state index contributed by atoms with van der Waals surface area (Å²) in [4.78, 5) is 25.7. The lowest BCUT2D eigenvalue weighted by atomic mass is 9.77. The van der Waals surface area contributed by atoms with E-state index in [0.29, 0.717) is 26.0 Å². The summed E-state index contributed by atoms with van der Waals surface area (Å²) < 4.78 is 5.17. The minimum Gasteiger partial charge on any atom is -0.464 e. The van der Waals surface area contributed by atoms with Crippen molar-refractivity contribution in [3.8, 4) is 0 Å². The lowest BCUT2D eigenvalue weighted by molar-refractivity contribution is -0.166. The van der Waals surface area contributed by atoms with Gasteiger partial charge in [0.2, 0.25) is 5.91 Å². The summed E-state index contributed by atoms with van der Waals surface area (Å²) in [6.07, 6.45) is 3.12. The third-order valence-corrected chi connectivity index (χ3v) is 3.97. The molecule has 2 heterocycles. The van der Waals surface area contributed by atoms with Gasteiger partial charge in [-0.1, -0.05) is 6.92 Å². The van der Waals surface area contributed by atoms with Crippen LogP contribution in [0, 0.1) is 5.92 Å². The second kappa shape index (κ2) is 4.07. The van der Waals surface area contributed by atoms with Crippen LogP contribution in [-0.2, 0) is 14.3 Å². The molecule has 2 rings (SSSR count). The van der Waals surface area contributed by atoms with E-state index in [4.69, 9.17) is 4.74 Å². The summed E-state index contributed by atoms with van der Waals surface area (Å²) in [5.41, 5.74) is -0.647. The predicted molar refractivity (Wildman–Crippen MR) is 58.7 cm³/mol. The first-order valence-electron chi connectivity index (χ1n) is 6.10. The maximum absolute atomic E-state index is 12.1. The fourth-order valence-corrected chi connectivity index (χ4v) is 3.09. The largest absolute Gasteiger partial charge is 0.464 e. The number of fused-ring (bicyclic) bond motifs is 1. The molecule has 0 aromatic rings. The Kier molecular flexibility index (Phi) is 2.91. The smallest absolute Gasteiger partial charge is 0.332 e. The Morgan fingerprint density at radius 3 is 3.06 bits per heavy atom. The molecule has 0 saturated carbocycles. The number of hydrogen-bond acceptors (Lipinski definition) is 3. The van der Waals surface area contributed by atoms with E-state index in [9.17, 15) is 9.59 Å². The van der Waals surface area contributed by atoms with Crippen molar-refractivity contribution < 1.29 is 14.3 Å². The average Bonchev–Trinajstić information content (AvgIpc) is 2.60. The van der Waals surface area contributed by atoms with Gasteiger partial charge < -0.3 is 9.64 Å². The zero-order valence-electron chi connectivity index (χ0n) is 9.99. The molecule has 0 N–H and O–H groups in total. The van der Waals surface area contributed by atoms with Gasteiger partial charge in [-0.3, -0.25) is 4.79 Å². The fraction of sp³-hybridized carbons (Fsp3) is 0.833. The first-order chi connectivity index (χ1) is 7.63. The molecule has 0 unspecified atom stereocenters. The van der Waals surface area contributed by atoms with Gasteiger partial charge in [0.25, 0.3) is 0 Å². The normalized spacial score (nSPS) is 33.8. The van der Waals surface area contributed by atoms with Crippen LogP contribution in [0.4, 0.5) is 0 Å². The van der Waals surface area contributed by atoms with Gasteiger partial charge in [-0.2, -0.15) is 0 Å². The van der Waals surface area contributed by atoms with Crippen molar-refractivity contribution >= 4 is 11.9 Å². The number of rotatable bonds is 2. The average molecular weight is 225 g/mol. The molecule has 2 saturated heterocycles. The summed E-state index contributed by atoms with van der Waals surface area (Å²) in [7, 11) is 0. The van der Waals surface area contributed by atoms with Gasteiger partial charge in [0, 0.05) is 13.0 Å². The van der Waals surface area contributed by atoms with E-state index in [2.05, 4.69) is 6.92 Å². The lowest BCUT2D eigenvalue weighted by Gasteiger charge is -2.44. The van der Waals surface area contributed by atoms with Crippen molar-refractivity contribution in [3.05, 3.63) is 0 Å². The summed E-state index contributed by atoms with van der Waals surface area (Å²) in [6.45, 7) is 4.96. The highest BCUT2D eigenvalue weighted by molar-refractivity contribution is 5.92. The molecule has 4 nitrogen and oxygen atoms in total. The number of nitrogens with zero attached hydrogens (tertiary/aromatic N) is 1. The maximum Gasteiger partial charge on any atom is 0.332 e. The maximum atomic E-state index is 12.1. The van der Waals surface area contributed by atoms with Crippen LogP contribution in [0.25, 0.3) is 0 Å². The topological polar surface area (TPSA) is 46.6 Å². The van der Waals surface area contributed by atoms with E-state index in [1.54, 1.807) is 4.90 Å². The Balaban J connectivity index is 2.31. The number of amides is 1. The number of ether oxygens (including phenoxy) is 1. The molecule has 1 amide bonds. The number of hydrogen-bond donors (Lipinski definition) is 0. The third kappa shape index (κ3) is 1.43. The van der Waals surface area contributed by atoms with Crippen molar-refractivity contribution in [2.75, 3.05) is 13.2 Å². The molecule has 2 aliphatic rings. The van der Waals surface area contributed by atoms with Gasteiger partial charge >= 0.3 is 5.97 Å². The van der Waals surface area contributed by atoms with Gasteiger partial charge in [0.1, 0.15) is 5.54 Å². The van der Waals surface area contributed by atoms with E-state index in [1.807, 2.05) is 6.92 Å². The first-order valence-corrected chi connectivity index (χ1v) is 6.10. The summed E-state index contributed by atoms with van der Waals surface area (Å²) in [6, 6.07) is 0. The van der Waals surface area contributed by atoms with Crippen molar-refractivity contribution in [1.82, 2.24) is 4.90 Å². The molecule has 2 atom stereocenters. The van der Waals surface area contributed by atoms with E-state index in [1.165, 1.54) is 0 Å². The van der Waals surface area contributed by atoms with Crippen molar-refractivity contribution in [3.63, 3.8) is 0 Å². The van der Waals surface area contributed by atoms with Crippen LogP contribution in [0.2, 0.25) is 0 Å². The summed E-state index contributed by atoms with van der Waals surface area (Å²) >= 11 is 0. The van der Waals surface area contributed by atoms with Gasteiger partial charge in [-0.25, -0.2) is 4.79 Å². The minimum absolute atomic E-state index is 0.111. The minimum atomic E-state index is -0.647. The van der Waals surface area contributed by atoms with Gasteiger partial charge in [0.05, 0.1) is 6.61 Å². The Bertz CT molecular complexity index is 315. The second-order valence-electron chi connectivity index (χ2n) is 4.73. The van der Waals surface area contributed by atoms with Crippen LogP contribution >= 0.6 is 0 Å². The number of esters is 1. The highest BCUT2D eigenvalue weighted by Crippen LogP contribution is 2.43. The van der Waals surface area contributed by atoms with Crippen LogP contribution in [0.3, 0.4) is 0 Å². The fourth-order valence-electron chi connectivity index (χ4n) is 3.09. The predicted octanol–water partition coefficient (Wildman–Crippen LogP) is 1.34. The Hall–Kier alpha value is -1.06. The Labute approximate surface area is 95.9 Å². The Morgan fingerprint density at radius 2 is 2.38 bits per heavy atom. The molecule has 0 spiro atoms. The SMILES string of the molecule is CCOC(=O)[C@]12CCC(=O)N1CCC[C@@H]2C. The Morgan fingerprint density at radius 1 is 1.62 bits per heavy atom. The number of carbonyl (C=O) groups is 2. The summed E-state index contributed by atoms with van der Waals surface area (Å²) in [5, 5.41) is 0. The highest BCUT2D eigenvalue weighted by Gasteiger charge is 2.56. The van der Waals surface area contributed by atoms with Crippen molar-refractivity contribution in [2.45, 2.75) is 45.1 Å². The molecule has 2 aliphatic heterocycles.